The van der Waals surface area contributed by atoms with Crippen LogP contribution in [0.5, 0.6) is 0 Å². The number of aryl methyl sites for hydroxylation is 1. The molecule has 1 aliphatic heterocycles. The molecule has 134 valence electrons. The van der Waals surface area contributed by atoms with E-state index < -0.39 is 0 Å². The van der Waals surface area contributed by atoms with E-state index in [1.807, 2.05) is 18.5 Å². The van der Waals surface area contributed by atoms with Gasteiger partial charge < -0.3 is 4.90 Å². The Labute approximate surface area is 151 Å². The Balaban J connectivity index is 1.38. The summed E-state index contributed by atoms with van der Waals surface area (Å²) in [4.78, 5) is 17.2. The van der Waals surface area contributed by atoms with Crippen molar-refractivity contribution in [2.24, 2.45) is 5.41 Å². The fourth-order valence-electron chi connectivity index (χ4n) is 4.17. The Morgan fingerprint density at radius 3 is 2.80 bits per heavy atom. The first kappa shape index (κ1) is 16.8. The molecule has 2 aromatic heterocycles. The van der Waals surface area contributed by atoms with Gasteiger partial charge in [0, 0.05) is 30.7 Å². The summed E-state index contributed by atoms with van der Waals surface area (Å²) in [5, 5.41) is 3.21. The Bertz CT molecular complexity index is 727. The maximum atomic E-state index is 14.5. The van der Waals surface area contributed by atoms with Gasteiger partial charge in [0.15, 0.2) is 11.6 Å². The van der Waals surface area contributed by atoms with Crippen LogP contribution >= 0.6 is 11.3 Å². The lowest BCUT2D eigenvalue weighted by Gasteiger charge is -2.35. The normalized spacial score (nSPS) is 21.9. The molecule has 1 spiro atoms. The molecule has 1 atom stereocenters. The van der Waals surface area contributed by atoms with E-state index in [0.717, 1.165) is 32.5 Å². The highest BCUT2D eigenvalue weighted by Crippen LogP contribution is 2.56. The van der Waals surface area contributed by atoms with Crippen LogP contribution in [-0.4, -0.2) is 46.0 Å². The van der Waals surface area contributed by atoms with Crippen molar-refractivity contribution in [2.75, 3.05) is 25.0 Å². The van der Waals surface area contributed by atoms with Gasteiger partial charge in [-0.15, -0.1) is 11.3 Å². The number of hydrogen-bond donors (Lipinski definition) is 0. The van der Waals surface area contributed by atoms with Gasteiger partial charge in [-0.1, -0.05) is 6.92 Å². The van der Waals surface area contributed by atoms with E-state index >= 15 is 0 Å². The van der Waals surface area contributed by atoms with Crippen molar-refractivity contribution in [3.8, 4) is 0 Å². The zero-order valence-electron chi connectivity index (χ0n) is 14.8. The highest BCUT2D eigenvalue weighted by molar-refractivity contribution is 7.09. The smallest absolute Gasteiger partial charge is 0.187 e. The zero-order valence-corrected chi connectivity index (χ0v) is 15.6. The van der Waals surface area contributed by atoms with E-state index in [1.54, 1.807) is 11.3 Å². The molecular weight excluding hydrogens is 337 g/mol. The number of thiazole rings is 1. The quantitative estimate of drug-likeness (QED) is 0.819. The third kappa shape index (κ3) is 3.15. The van der Waals surface area contributed by atoms with Gasteiger partial charge in [-0.3, -0.25) is 4.90 Å². The van der Waals surface area contributed by atoms with Gasteiger partial charge in [-0.2, -0.15) is 0 Å². The number of hydrogen-bond acceptors (Lipinski definition) is 6. The summed E-state index contributed by atoms with van der Waals surface area (Å²) >= 11 is 1.72. The molecule has 5 nitrogen and oxygen atoms in total. The van der Waals surface area contributed by atoms with E-state index in [1.165, 1.54) is 17.8 Å². The third-order valence-corrected chi connectivity index (χ3v) is 6.55. The Morgan fingerprint density at radius 2 is 2.12 bits per heavy atom. The first-order chi connectivity index (χ1) is 12.1. The molecule has 2 aromatic rings. The molecular formula is C18H24FN5S. The van der Waals surface area contributed by atoms with Crippen molar-refractivity contribution in [1.29, 1.82) is 0 Å². The predicted octanol–water partition coefficient (Wildman–Crippen LogP) is 3.13. The summed E-state index contributed by atoms with van der Waals surface area (Å²) in [5.41, 5.74) is 0.914. The minimum absolute atomic E-state index is 0.241. The molecule has 2 aliphatic rings. The second kappa shape index (κ2) is 6.61. The molecule has 25 heavy (non-hydrogen) atoms. The summed E-state index contributed by atoms with van der Waals surface area (Å²) in [6.07, 6.45) is 7.41. The van der Waals surface area contributed by atoms with Gasteiger partial charge in [0.1, 0.15) is 11.3 Å². The average molecular weight is 361 g/mol. The van der Waals surface area contributed by atoms with E-state index in [2.05, 4.69) is 31.8 Å². The van der Waals surface area contributed by atoms with Crippen molar-refractivity contribution in [2.45, 2.75) is 45.2 Å². The van der Waals surface area contributed by atoms with Crippen LogP contribution in [-0.2, 0) is 13.0 Å². The van der Waals surface area contributed by atoms with Crippen molar-refractivity contribution >= 4 is 17.2 Å². The number of aromatic nitrogens is 3. The molecule has 7 heteroatoms. The zero-order chi connectivity index (χ0) is 17.4. The number of piperidine rings is 1. The lowest BCUT2D eigenvalue weighted by molar-refractivity contribution is 0.238. The van der Waals surface area contributed by atoms with E-state index in [9.17, 15) is 4.39 Å². The minimum Gasteiger partial charge on any atom is -0.354 e. The maximum absolute atomic E-state index is 14.5. The highest BCUT2D eigenvalue weighted by Gasteiger charge is 2.56. The fourth-order valence-corrected chi connectivity index (χ4v) is 4.85. The molecule has 0 bridgehead atoms. The second-order valence-corrected chi connectivity index (χ2v) is 8.20. The van der Waals surface area contributed by atoms with Crippen molar-refractivity contribution in [1.82, 2.24) is 19.9 Å². The topological polar surface area (TPSA) is 45.2 Å². The highest BCUT2D eigenvalue weighted by atomic mass is 32.1. The van der Waals surface area contributed by atoms with Gasteiger partial charge >= 0.3 is 0 Å². The van der Waals surface area contributed by atoms with E-state index in [-0.39, 0.29) is 5.82 Å². The standard InChI is InChI=1S/C18H24FN5S/c1-3-13-16(19)17(22-12-21-13)24-7-4-18(5-8-24)10-14(18)23(2)11-15-20-6-9-25-15/h6,9,12,14H,3-5,7-8,10-11H2,1-2H3/t14-/m0/s1. The molecule has 4 rings (SSSR count). The van der Waals surface area contributed by atoms with Gasteiger partial charge in [-0.25, -0.2) is 19.3 Å². The molecule has 1 saturated carbocycles. The lowest BCUT2D eigenvalue weighted by atomic mass is 9.92. The van der Waals surface area contributed by atoms with E-state index in [4.69, 9.17) is 0 Å². The Hall–Kier alpha value is -1.60. The number of halogens is 1. The van der Waals surface area contributed by atoms with Crippen LogP contribution in [0.15, 0.2) is 17.9 Å². The molecule has 3 heterocycles. The maximum Gasteiger partial charge on any atom is 0.187 e. The second-order valence-electron chi connectivity index (χ2n) is 7.22. The minimum atomic E-state index is -0.241. The summed E-state index contributed by atoms with van der Waals surface area (Å²) in [5.74, 6) is 0.240. The van der Waals surface area contributed by atoms with Crippen LogP contribution in [0, 0.1) is 11.2 Å². The first-order valence-corrected chi connectivity index (χ1v) is 9.84. The number of nitrogens with zero attached hydrogens (tertiary/aromatic N) is 5. The Kier molecular flexibility index (Phi) is 4.45. The summed E-state index contributed by atoms with van der Waals surface area (Å²) in [6, 6.07) is 0.625. The molecule has 1 saturated heterocycles. The lowest BCUT2D eigenvalue weighted by Crippen LogP contribution is -2.39. The molecule has 0 aromatic carbocycles. The van der Waals surface area contributed by atoms with Crippen molar-refractivity contribution < 1.29 is 4.39 Å². The first-order valence-electron chi connectivity index (χ1n) is 8.96. The number of anilines is 1. The molecule has 2 fully saturated rings. The molecule has 1 aliphatic carbocycles. The third-order valence-electron chi connectivity index (χ3n) is 5.78. The van der Waals surface area contributed by atoms with Crippen molar-refractivity contribution in [3.05, 3.63) is 34.4 Å². The van der Waals surface area contributed by atoms with Crippen molar-refractivity contribution in [3.63, 3.8) is 0 Å². The largest absolute Gasteiger partial charge is 0.354 e. The summed E-state index contributed by atoms with van der Waals surface area (Å²) < 4.78 is 14.5. The van der Waals surface area contributed by atoms with E-state index in [0.29, 0.717) is 29.4 Å². The van der Waals surface area contributed by atoms with Crippen LogP contribution in [0.2, 0.25) is 0 Å². The Morgan fingerprint density at radius 1 is 1.32 bits per heavy atom. The van der Waals surface area contributed by atoms with Crippen LogP contribution in [0.3, 0.4) is 0 Å². The molecule has 0 amide bonds. The fraction of sp³-hybridized carbons (Fsp3) is 0.611. The van der Waals surface area contributed by atoms with Gasteiger partial charge in [0.2, 0.25) is 0 Å². The molecule has 0 N–H and O–H groups in total. The summed E-state index contributed by atoms with van der Waals surface area (Å²) in [6.45, 7) is 4.60. The molecule has 0 radical (unpaired) electrons. The van der Waals surface area contributed by atoms with Crippen LogP contribution < -0.4 is 4.90 Å². The van der Waals surface area contributed by atoms with Gasteiger partial charge in [-0.05, 0) is 38.1 Å². The predicted molar refractivity (Wildman–Crippen MR) is 97.2 cm³/mol. The molecule has 0 unspecified atom stereocenters. The van der Waals surface area contributed by atoms with Gasteiger partial charge in [0.25, 0.3) is 0 Å². The van der Waals surface area contributed by atoms with Crippen LogP contribution in [0.4, 0.5) is 10.2 Å². The monoisotopic (exact) mass is 361 g/mol. The van der Waals surface area contributed by atoms with Gasteiger partial charge in [0.05, 0.1) is 12.2 Å². The van der Waals surface area contributed by atoms with Crippen LogP contribution in [0.1, 0.15) is 36.9 Å². The summed E-state index contributed by atoms with van der Waals surface area (Å²) in [7, 11) is 2.20. The number of rotatable bonds is 5. The SMILES string of the molecule is CCc1ncnc(N2CCC3(CC2)C[C@@H]3N(C)Cc2nccs2)c1F. The average Bonchev–Trinajstić information content (AvgIpc) is 3.07. The van der Waals surface area contributed by atoms with Crippen LogP contribution in [0.25, 0.3) is 0 Å².